The van der Waals surface area contributed by atoms with Crippen LogP contribution in [0.25, 0.3) is 28.2 Å². The van der Waals surface area contributed by atoms with Crippen LogP contribution in [0.5, 0.6) is 5.75 Å². The standard InChI is InChI=1S/C32H31FN4O4.Na.H/c1-4-7-29-28(31(38)37(21(3)34-29)24-14-16-25(17-15-24)40-20(2)19-33)18-22-10-12-23(13-11-22)26-8-5-6-9-27(26)30-35-32(39)41-36-30;;/h5-6,8-17,20H,4,7,18-19H2,1-3H3,(H,35,36,39);;/q;+1;-1. The molecule has 8 nitrogen and oxygen atoms in total. The number of nitrogens with zero attached hydrogens (tertiary/aromatic N) is 3. The average Bonchev–Trinajstić information content (AvgIpc) is 3.42. The molecule has 5 aromatic rings. The summed E-state index contributed by atoms with van der Waals surface area (Å²) >= 11 is 0. The van der Waals surface area contributed by atoms with Gasteiger partial charge < -0.3 is 6.16 Å². The van der Waals surface area contributed by atoms with E-state index in [9.17, 15) is 14.0 Å². The molecule has 0 amide bonds. The van der Waals surface area contributed by atoms with Crippen molar-refractivity contribution < 1.29 is 44.6 Å². The minimum atomic E-state index is -0.610. The smallest absolute Gasteiger partial charge is 1.00 e. The van der Waals surface area contributed by atoms with Gasteiger partial charge in [0.05, 0.1) is 11.4 Å². The molecule has 0 radical (unpaired) electrons. The van der Waals surface area contributed by atoms with Gasteiger partial charge in [0.1, 0.15) is 24.4 Å². The molecule has 2 aromatic heterocycles. The number of H-pyrrole nitrogens is 1. The molecule has 0 aliphatic carbocycles. The van der Waals surface area contributed by atoms with Gasteiger partial charge in [-0.05, 0) is 61.2 Å². The Labute approximate surface area is 266 Å². The van der Waals surface area contributed by atoms with E-state index in [1.807, 2.05) is 55.5 Å². The van der Waals surface area contributed by atoms with Crippen molar-refractivity contribution >= 4 is 0 Å². The van der Waals surface area contributed by atoms with Crippen molar-refractivity contribution in [2.24, 2.45) is 0 Å². The summed E-state index contributed by atoms with van der Waals surface area (Å²) in [6.07, 6.45) is 1.44. The Bertz CT molecular complexity index is 1770. The fourth-order valence-electron chi connectivity index (χ4n) is 4.87. The number of hydrogen-bond acceptors (Lipinski definition) is 6. The maximum absolute atomic E-state index is 13.9. The third-order valence-electron chi connectivity index (χ3n) is 6.83. The molecule has 0 bridgehead atoms. The molecule has 3 aromatic carbocycles. The molecule has 0 saturated carbocycles. The zero-order valence-corrected chi connectivity index (χ0v) is 26.2. The van der Waals surface area contributed by atoms with Crippen LogP contribution < -0.4 is 45.6 Å². The van der Waals surface area contributed by atoms with Crippen LogP contribution in [0.1, 0.15) is 44.3 Å². The van der Waals surface area contributed by atoms with Crippen LogP contribution in [-0.4, -0.2) is 32.5 Å². The van der Waals surface area contributed by atoms with Crippen LogP contribution in [0.15, 0.2) is 86.9 Å². The summed E-state index contributed by atoms with van der Waals surface area (Å²) in [7, 11) is 0. The maximum atomic E-state index is 13.9. The zero-order chi connectivity index (χ0) is 28.9. The van der Waals surface area contributed by atoms with Gasteiger partial charge in [0.15, 0.2) is 5.82 Å². The quantitative estimate of drug-likeness (QED) is 0.256. The van der Waals surface area contributed by atoms with Crippen LogP contribution in [0.4, 0.5) is 4.39 Å². The van der Waals surface area contributed by atoms with Crippen molar-refractivity contribution in [3.63, 3.8) is 0 Å². The first kappa shape index (κ1) is 31.2. The van der Waals surface area contributed by atoms with Crippen molar-refractivity contribution in [3.05, 3.63) is 116 Å². The summed E-state index contributed by atoms with van der Waals surface area (Å²) < 4.78 is 24.7. The number of aromatic nitrogens is 4. The molecule has 42 heavy (non-hydrogen) atoms. The van der Waals surface area contributed by atoms with E-state index in [1.54, 1.807) is 35.8 Å². The number of rotatable bonds is 10. The summed E-state index contributed by atoms with van der Waals surface area (Å²) in [5.41, 5.74) is 5.55. The van der Waals surface area contributed by atoms with Crippen LogP contribution in [0.3, 0.4) is 0 Å². The second-order valence-corrected chi connectivity index (χ2v) is 9.91. The van der Waals surface area contributed by atoms with E-state index in [2.05, 4.69) is 17.1 Å². The Balaban J connectivity index is 0.00000253. The first-order chi connectivity index (χ1) is 19.9. The van der Waals surface area contributed by atoms with E-state index in [0.717, 1.165) is 34.4 Å². The van der Waals surface area contributed by atoms with Gasteiger partial charge in [-0.2, -0.15) is 0 Å². The number of hydrogen-bond donors (Lipinski definition) is 1. The molecule has 0 fully saturated rings. The number of alkyl halides is 1. The molecule has 2 heterocycles. The fourth-order valence-corrected chi connectivity index (χ4v) is 4.87. The summed E-state index contributed by atoms with van der Waals surface area (Å²) in [6, 6.07) is 22.6. The van der Waals surface area contributed by atoms with E-state index in [4.69, 9.17) is 14.2 Å². The van der Waals surface area contributed by atoms with Gasteiger partial charge in [0.2, 0.25) is 0 Å². The van der Waals surface area contributed by atoms with Gasteiger partial charge >= 0.3 is 35.3 Å². The molecule has 1 N–H and O–H groups in total. The Kier molecular flexibility index (Phi) is 10.3. The molecular formula is C32H32FN4NaO4. The molecule has 0 saturated heterocycles. The topological polar surface area (TPSA) is 103 Å². The SMILES string of the molecule is CCCc1nc(C)n(-c2ccc(OC(C)CF)cc2)c(=O)c1Cc1ccc(-c2ccccc2-c2noc(=O)[nH]2)cc1.[H-].[Na+]. The van der Waals surface area contributed by atoms with Gasteiger partial charge in [-0.3, -0.25) is 18.9 Å². The van der Waals surface area contributed by atoms with Gasteiger partial charge in [-0.25, -0.2) is 14.2 Å². The van der Waals surface area contributed by atoms with Gasteiger partial charge in [0, 0.05) is 17.5 Å². The predicted molar refractivity (Wildman–Crippen MR) is 157 cm³/mol. The summed E-state index contributed by atoms with van der Waals surface area (Å²) in [5, 5.41) is 3.83. The predicted octanol–water partition coefficient (Wildman–Crippen LogP) is 2.95. The van der Waals surface area contributed by atoms with Crippen molar-refractivity contribution in [1.29, 1.82) is 0 Å². The van der Waals surface area contributed by atoms with E-state index in [0.29, 0.717) is 41.5 Å². The van der Waals surface area contributed by atoms with Crippen molar-refractivity contribution in [2.75, 3.05) is 6.67 Å². The number of halogens is 1. The van der Waals surface area contributed by atoms with E-state index < -0.39 is 18.5 Å². The molecule has 5 rings (SSSR count). The molecule has 212 valence electrons. The van der Waals surface area contributed by atoms with Crippen LogP contribution >= 0.6 is 0 Å². The zero-order valence-electron chi connectivity index (χ0n) is 25.2. The van der Waals surface area contributed by atoms with Crippen LogP contribution in [0, 0.1) is 6.92 Å². The Morgan fingerprint density at radius 2 is 1.71 bits per heavy atom. The number of nitrogens with one attached hydrogen (secondary N) is 1. The third-order valence-corrected chi connectivity index (χ3v) is 6.83. The monoisotopic (exact) mass is 578 g/mol. The largest absolute Gasteiger partial charge is 1.00 e. The van der Waals surface area contributed by atoms with Crippen molar-refractivity contribution in [3.8, 4) is 34.0 Å². The second kappa shape index (κ2) is 13.9. The van der Waals surface area contributed by atoms with Crippen molar-refractivity contribution in [2.45, 2.75) is 46.1 Å². The first-order valence-electron chi connectivity index (χ1n) is 13.6. The first-order valence-corrected chi connectivity index (χ1v) is 13.6. The average molecular weight is 579 g/mol. The Morgan fingerprint density at radius 3 is 2.33 bits per heavy atom. The second-order valence-electron chi connectivity index (χ2n) is 9.91. The molecule has 1 atom stereocenters. The normalized spacial score (nSPS) is 11.6. The van der Waals surface area contributed by atoms with Gasteiger partial charge in [-0.15, -0.1) is 0 Å². The maximum Gasteiger partial charge on any atom is 1.00 e. The van der Waals surface area contributed by atoms with E-state index in [1.165, 1.54) is 0 Å². The molecular weight excluding hydrogens is 546 g/mol. The minimum Gasteiger partial charge on any atom is -1.00 e. The van der Waals surface area contributed by atoms with Crippen LogP contribution in [0.2, 0.25) is 0 Å². The molecule has 0 aliphatic rings. The van der Waals surface area contributed by atoms with E-state index in [-0.39, 0.29) is 36.5 Å². The van der Waals surface area contributed by atoms with Gasteiger partial charge in [0.25, 0.3) is 5.56 Å². The van der Waals surface area contributed by atoms with E-state index >= 15 is 0 Å². The summed E-state index contributed by atoms with van der Waals surface area (Å²) in [5.74, 6) is 0.894. The fraction of sp³-hybridized carbons (Fsp3) is 0.250. The number of ether oxygens (including phenoxy) is 1. The van der Waals surface area contributed by atoms with Gasteiger partial charge in [-0.1, -0.05) is 67.0 Å². The molecule has 1 unspecified atom stereocenters. The number of aryl methyl sites for hydroxylation is 2. The molecule has 10 heteroatoms. The number of benzene rings is 3. The summed E-state index contributed by atoms with van der Waals surface area (Å²) in [4.78, 5) is 32.8. The minimum absolute atomic E-state index is 0. The molecule has 0 spiro atoms. The Morgan fingerprint density at radius 1 is 1.02 bits per heavy atom. The van der Waals surface area contributed by atoms with Crippen LogP contribution in [-0.2, 0) is 12.8 Å². The third kappa shape index (κ3) is 6.81. The summed E-state index contributed by atoms with van der Waals surface area (Å²) in [6.45, 7) is 4.98. The van der Waals surface area contributed by atoms with Crippen molar-refractivity contribution in [1.82, 2.24) is 19.7 Å². The number of aromatic amines is 1. The Hall–Kier alpha value is -3.79. The molecule has 0 aliphatic heterocycles.